The number of ether oxygens (including phenoxy) is 1. The second kappa shape index (κ2) is 9.81. The highest BCUT2D eigenvalue weighted by molar-refractivity contribution is 6.06. The zero-order chi connectivity index (χ0) is 26.4. The summed E-state index contributed by atoms with van der Waals surface area (Å²) >= 11 is 0. The first-order valence-electron chi connectivity index (χ1n) is 12.9. The third kappa shape index (κ3) is 4.41. The molecule has 1 aliphatic carbocycles. The first-order chi connectivity index (χ1) is 18.4. The van der Waals surface area contributed by atoms with Crippen molar-refractivity contribution in [2.45, 2.75) is 44.4 Å². The average molecular weight is 515 g/mol. The standard InChI is InChI=1S/C29H31FN6O2/c1-35(2)16-24-20(17-4-5-19(12-17)38-3)7-9-26(34-24)33-23-8-6-21(22-14-32-29(37)28(22)23)25-15-31-27-13-18(30)10-11-36(25)27/h6-11,13,15,17,19H,4-5,12,14,16H2,1-3H3,(H,32,37)(H,33,34)/t17?,19-/m1/s1. The topological polar surface area (TPSA) is 83.8 Å². The molecule has 1 unspecified atom stereocenters. The summed E-state index contributed by atoms with van der Waals surface area (Å²) in [7, 11) is 5.87. The number of fused-ring (bicyclic) bond motifs is 2. The van der Waals surface area contributed by atoms with Gasteiger partial charge in [0, 0.05) is 38.0 Å². The molecule has 1 aliphatic heterocycles. The van der Waals surface area contributed by atoms with Crippen LogP contribution >= 0.6 is 0 Å². The second-order valence-electron chi connectivity index (χ2n) is 10.4. The molecule has 2 aliphatic rings. The smallest absolute Gasteiger partial charge is 0.254 e. The number of nitrogens with zero attached hydrogens (tertiary/aromatic N) is 4. The van der Waals surface area contributed by atoms with Crippen LogP contribution in [0.2, 0.25) is 0 Å². The highest BCUT2D eigenvalue weighted by Gasteiger charge is 2.29. The quantitative estimate of drug-likeness (QED) is 0.366. The number of carbonyl (C=O) groups is 1. The van der Waals surface area contributed by atoms with E-state index in [2.05, 4.69) is 26.6 Å². The van der Waals surface area contributed by atoms with E-state index in [0.29, 0.717) is 41.3 Å². The van der Waals surface area contributed by atoms with Gasteiger partial charge in [-0.15, -0.1) is 0 Å². The number of pyridine rings is 2. The van der Waals surface area contributed by atoms with Crippen molar-refractivity contribution in [3.8, 4) is 11.3 Å². The van der Waals surface area contributed by atoms with Gasteiger partial charge in [-0.05, 0) is 68.6 Å². The maximum absolute atomic E-state index is 13.7. The Morgan fingerprint density at radius 3 is 2.87 bits per heavy atom. The van der Waals surface area contributed by atoms with Crippen LogP contribution in [-0.4, -0.2) is 52.5 Å². The molecule has 1 saturated carbocycles. The number of amides is 1. The largest absolute Gasteiger partial charge is 0.381 e. The summed E-state index contributed by atoms with van der Waals surface area (Å²) in [5, 5.41) is 6.37. The lowest BCUT2D eigenvalue weighted by atomic mass is 9.95. The zero-order valence-corrected chi connectivity index (χ0v) is 21.8. The van der Waals surface area contributed by atoms with Crippen molar-refractivity contribution < 1.29 is 13.9 Å². The Balaban J connectivity index is 1.35. The minimum Gasteiger partial charge on any atom is -0.381 e. The second-order valence-corrected chi connectivity index (χ2v) is 10.4. The van der Waals surface area contributed by atoms with Gasteiger partial charge in [0.15, 0.2) is 0 Å². The Bertz CT molecular complexity index is 1530. The third-order valence-electron chi connectivity index (χ3n) is 7.61. The number of hydrogen-bond acceptors (Lipinski definition) is 6. The lowest BCUT2D eigenvalue weighted by Crippen LogP contribution is -2.16. The van der Waals surface area contributed by atoms with Crippen LogP contribution < -0.4 is 10.6 Å². The number of carbonyl (C=O) groups excluding carboxylic acids is 1. The summed E-state index contributed by atoms with van der Waals surface area (Å²) in [6.45, 7) is 1.14. The number of aromatic nitrogens is 3. The van der Waals surface area contributed by atoms with Crippen molar-refractivity contribution >= 4 is 23.1 Å². The molecule has 4 heterocycles. The van der Waals surface area contributed by atoms with Crippen molar-refractivity contribution in [3.05, 3.63) is 77.0 Å². The van der Waals surface area contributed by atoms with Crippen LogP contribution in [-0.2, 0) is 17.8 Å². The number of methoxy groups -OCH3 is 1. The van der Waals surface area contributed by atoms with Crippen LogP contribution in [0.1, 0.15) is 52.4 Å². The number of hydrogen-bond donors (Lipinski definition) is 2. The number of anilines is 2. The number of rotatable bonds is 7. The number of imidazole rings is 1. The van der Waals surface area contributed by atoms with Gasteiger partial charge in [-0.2, -0.15) is 0 Å². The summed E-state index contributed by atoms with van der Waals surface area (Å²) in [4.78, 5) is 24.4. The van der Waals surface area contributed by atoms with Crippen LogP contribution in [0.4, 0.5) is 15.9 Å². The summed E-state index contributed by atoms with van der Waals surface area (Å²) in [5.74, 6) is 0.664. The predicted octanol–water partition coefficient (Wildman–Crippen LogP) is 4.87. The van der Waals surface area contributed by atoms with Gasteiger partial charge in [0.2, 0.25) is 0 Å². The van der Waals surface area contributed by atoms with E-state index in [9.17, 15) is 9.18 Å². The molecule has 1 fully saturated rings. The van der Waals surface area contributed by atoms with E-state index in [0.717, 1.165) is 48.3 Å². The molecule has 4 aromatic rings. The van der Waals surface area contributed by atoms with Gasteiger partial charge in [0.1, 0.15) is 17.3 Å². The van der Waals surface area contributed by atoms with Crippen molar-refractivity contribution in [2.75, 3.05) is 26.5 Å². The molecule has 0 radical (unpaired) electrons. The summed E-state index contributed by atoms with van der Waals surface area (Å²) < 4.78 is 21.1. The Hall–Kier alpha value is -3.82. The summed E-state index contributed by atoms with van der Waals surface area (Å²) in [6, 6.07) is 10.9. The summed E-state index contributed by atoms with van der Waals surface area (Å²) in [6.07, 6.45) is 6.85. The molecule has 2 atom stereocenters. The molecular weight excluding hydrogens is 483 g/mol. The molecule has 38 heavy (non-hydrogen) atoms. The number of nitrogens with one attached hydrogen (secondary N) is 2. The molecular formula is C29H31FN6O2. The Labute approximate surface area is 220 Å². The van der Waals surface area contributed by atoms with E-state index >= 15 is 0 Å². The fourth-order valence-electron chi connectivity index (χ4n) is 5.80. The van der Waals surface area contributed by atoms with E-state index in [1.807, 2.05) is 36.7 Å². The normalized spacial score (nSPS) is 18.8. The van der Waals surface area contributed by atoms with Gasteiger partial charge >= 0.3 is 0 Å². The highest BCUT2D eigenvalue weighted by atomic mass is 19.1. The summed E-state index contributed by atoms with van der Waals surface area (Å²) in [5.41, 5.74) is 6.70. The van der Waals surface area contributed by atoms with Gasteiger partial charge in [-0.1, -0.05) is 12.1 Å². The van der Waals surface area contributed by atoms with Crippen LogP contribution in [0.3, 0.4) is 0 Å². The zero-order valence-electron chi connectivity index (χ0n) is 21.8. The van der Waals surface area contributed by atoms with Gasteiger partial charge < -0.3 is 20.3 Å². The Morgan fingerprint density at radius 1 is 1.21 bits per heavy atom. The molecule has 196 valence electrons. The monoisotopic (exact) mass is 514 g/mol. The molecule has 8 nitrogen and oxygen atoms in total. The first-order valence-corrected chi connectivity index (χ1v) is 12.9. The minimum absolute atomic E-state index is 0.133. The molecule has 6 rings (SSSR count). The van der Waals surface area contributed by atoms with Gasteiger partial charge in [-0.25, -0.2) is 14.4 Å². The van der Waals surface area contributed by atoms with Crippen LogP contribution in [0.15, 0.2) is 48.8 Å². The predicted molar refractivity (Wildman–Crippen MR) is 144 cm³/mol. The Morgan fingerprint density at radius 2 is 2.08 bits per heavy atom. The molecule has 9 heteroatoms. The van der Waals surface area contributed by atoms with E-state index in [1.165, 1.54) is 17.7 Å². The first kappa shape index (κ1) is 24.5. The van der Waals surface area contributed by atoms with Crippen molar-refractivity contribution in [1.82, 2.24) is 24.6 Å². The fourth-order valence-corrected chi connectivity index (χ4v) is 5.80. The number of halogens is 1. The van der Waals surface area contributed by atoms with Crippen LogP contribution in [0.5, 0.6) is 0 Å². The molecule has 0 bridgehead atoms. The van der Waals surface area contributed by atoms with Gasteiger partial charge in [0.25, 0.3) is 5.91 Å². The molecule has 1 amide bonds. The maximum atomic E-state index is 13.7. The van der Waals surface area contributed by atoms with Crippen molar-refractivity contribution in [1.29, 1.82) is 0 Å². The van der Waals surface area contributed by atoms with E-state index in [-0.39, 0.29) is 11.7 Å². The SMILES string of the molecule is CO[C@@H]1CCC(c2ccc(Nc3ccc(-c4cnc5cc(F)ccn45)c4c3C(=O)NC4)nc2CN(C)C)C1. The minimum atomic E-state index is -0.338. The number of benzene rings is 1. The molecule has 3 aromatic heterocycles. The molecule has 0 spiro atoms. The fraction of sp³-hybridized carbons (Fsp3) is 0.345. The maximum Gasteiger partial charge on any atom is 0.254 e. The lowest BCUT2D eigenvalue weighted by Gasteiger charge is -2.20. The molecule has 2 N–H and O–H groups in total. The average Bonchev–Trinajstić information content (AvgIpc) is 3.63. The van der Waals surface area contributed by atoms with Crippen LogP contribution in [0.25, 0.3) is 16.9 Å². The molecule has 1 aromatic carbocycles. The Kier molecular flexibility index (Phi) is 6.33. The van der Waals surface area contributed by atoms with Crippen molar-refractivity contribution in [3.63, 3.8) is 0 Å². The third-order valence-corrected chi connectivity index (χ3v) is 7.61. The lowest BCUT2D eigenvalue weighted by molar-refractivity contribution is 0.0966. The van der Waals surface area contributed by atoms with Gasteiger partial charge in [-0.3, -0.25) is 9.20 Å². The van der Waals surface area contributed by atoms with E-state index < -0.39 is 0 Å². The van der Waals surface area contributed by atoms with Gasteiger partial charge in [0.05, 0.1) is 34.9 Å². The molecule has 0 saturated heterocycles. The van der Waals surface area contributed by atoms with E-state index in [4.69, 9.17) is 9.72 Å². The van der Waals surface area contributed by atoms with E-state index in [1.54, 1.807) is 19.5 Å². The van der Waals surface area contributed by atoms with Crippen LogP contribution in [0, 0.1) is 5.82 Å². The highest BCUT2D eigenvalue weighted by Crippen LogP contribution is 2.39. The van der Waals surface area contributed by atoms with Crippen molar-refractivity contribution in [2.24, 2.45) is 0 Å².